The minimum atomic E-state index is -1.20. The van der Waals surface area contributed by atoms with Crippen molar-refractivity contribution in [3.8, 4) is 0 Å². The second-order valence-electron chi connectivity index (χ2n) is 8.18. The van der Waals surface area contributed by atoms with E-state index in [-0.39, 0.29) is 30.1 Å². The molecule has 2 heterocycles. The molecule has 1 amide bonds. The van der Waals surface area contributed by atoms with Crippen molar-refractivity contribution in [3.05, 3.63) is 48.6 Å². The van der Waals surface area contributed by atoms with Gasteiger partial charge in [-0.1, -0.05) is 0 Å². The van der Waals surface area contributed by atoms with E-state index in [1.807, 2.05) is 0 Å². The normalized spacial score (nSPS) is 15.0. The average Bonchev–Trinajstić information content (AvgIpc) is 2.87. The first-order valence-electron chi connectivity index (χ1n) is 11.5. The van der Waals surface area contributed by atoms with Crippen LogP contribution in [0, 0.1) is 0 Å². The van der Waals surface area contributed by atoms with Gasteiger partial charge in [0.05, 0.1) is 21.9 Å². The number of amides is 1. The van der Waals surface area contributed by atoms with Gasteiger partial charge in [-0.05, 0) is 6.92 Å². The van der Waals surface area contributed by atoms with E-state index < -0.39 is 46.7 Å². The van der Waals surface area contributed by atoms with E-state index in [0.29, 0.717) is 11.4 Å². The maximum absolute atomic E-state index is 13.2. The van der Waals surface area contributed by atoms with Crippen LogP contribution in [0.25, 0.3) is 0 Å². The lowest BCUT2D eigenvalue weighted by atomic mass is 10.1. The van der Waals surface area contributed by atoms with Crippen LogP contribution >= 0.6 is 23.5 Å². The summed E-state index contributed by atoms with van der Waals surface area (Å²) in [6, 6.07) is -2.21. The van der Waals surface area contributed by atoms with E-state index in [9.17, 15) is 34.5 Å². The largest absolute Gasteiger partial charge is 0.480 e. The molecule has 206 valence electrons. The van der Waals surface area contributed by atoms with Crippen LogP contribution in [0.4, 0.5) is 0 Å². The Morgan fingerprint density at radius 1 is 0.842 bits per heavy atom. The topological polar surface area (TPSA) is 205 Å². The summed E-state index contributed by atoms with van der Waals surface area (Å²) in [6.45, 7) is 2.63. The molecule has 0 fully saturated rings. The van der Waals surface area contributed by atoms with Crippen LogP contribution in [0.1, 0.15) is 48.6 Å². The number of ketones is 1. The van der Waals surface area contributed by atoms with Crippen molar-refractivity contribution in [2.24, 2.45) is 0 Å². The highest BCUT2D eigenvalue weighted by Gasteiger charge is 2.28. The van der Waals surface area contributed by atoms with Gasteiger partial charge in [0, 0.05) is 68.5 Å². The van der Waals surface area contributed by atoms with Crippen LogP contribution < -0.4 is 10.6 Å². The number of aliphatic hydroxyl groups is 1. The third-order valence-electron chi connectivity index (χ3n) is 5.00. The van der Waals surface area contributed by atoms with Crippen molar-refractivity contribution in [1.29, 1.82) is 0 Å². The third kappa shape index (κ3) is 11.1. The predicted octanol–water partition coefficient (Wildman–Crippen LogP) is 0.835. The first-order chi connectivity index (χ1) is 18.1. The van der Waals surface area contributed by atoms with Gasteiger partial charge in [-0.2, -0.15) is 0 Å². The van der Waals surface area contributed by atoms with E-state index in [1.165, 1.54) is 62.8 Å². The molecule has 0 saturated heterocycles. The predicted molar refractivity (Wildman–Crippen MR) is 140 cm³/mol. The Labute approximate surface area is 227 Å². The summed E-state index contributed by atoms with van der Waals surface area (Å²) < 4.78 is 0. The molecule has 3 unspecified atom stereocenters. The van der Waals surface area contributed by atoms with Gasteiger partial charge in [-0.3, -0.25) is 39.6 Å². The summed E-state index contributed by atoms with van der Waals surface area (Å²) in [5.74, 6) is -2.98. The molecular formula is C23H30N6O7S2. The van der Waals surface area contributed by atoms with E-state index in [4.69, 9.17) is 0 Å². The van der Waals surface area contributed by atoms with Gasteiger partial charge in [0.15, 0.2) is 0 Å². The number of rotatable bonds is 17. The Hall–Kier alpha value is -3.14. The molecule has 13 nitrogen and oxygen atoms in total. The maximum Gasteiger partial charge on any atom is 0.327 e. The highest BCUT2D eigenvalue weighted by Crippen LogP contribution is 2.36. The highest BCUT2D eigenvalue weighted by molar-refractivity contribution is 7.99. The van der Waals surface area contributed by atoms with Crippen molar-refractivity contribution in [2.45, 2.75) is 55.5 Å². The van der Waals surface area contributed by atoms with Gasteiger partial charge in [0.2, 0.25) is 5.91 Å². The Balaban J connectivity index is 2.17. The number of aliphatic carboxylic acids is 2. The molecule has 38 heavy (non-hydrogen) atoms. The Morgan fingerprint density at radius 2 is 1.32 bits per heavy atom. The lowest BCUT2D eigenvalue weighted by Crippen LogP contribution is -2.43. The molecule has 0 aliphatic rings. The van der Waals surface area contributed by atoms with Crippen molar-refractivity contribution >= 4 is 47.2 Å². The third-order valence-corrected chi connectivity index (χ3v) is 7.67. The number of carboxylic acids is 2. The summed E-state index contributed by atoms with van der Waals surface area (Å²) in [5.41, 5.74) is 0.973. The molecule has 0 spiro atoms. The first kappa shape index (κ1) is 31.1. The van der Waals surface area contributed by atoms with Crippen molar-refractivity contribution in [2.75, 3.05) is 11.5 Å². The molecule has 2 aromatic rings. The molecule has 5 N–H and O–H groups in total. The fraction of sp³-hybridized carbons (Fsp3) is 0.478. The first-order valence-corrected chi connectivity index (χ1v) is 13.6. The molecule has 0 aromatic carbocycles. The summed E-state index contributed by atoms with van der Waals surface area (Å²) in [7, 11) is 0. The van der Waals surface area contributed by atoms with Crippen LogP contribution in [0.3, 0.4) is 0 Å². The van der Waals surface area contributed by atoms with Gasteiger partial charge >= 0.3 is 11.9 Å². The van der Waals surface area contributed by atoms with Gasteiger partial charge in [-0.15, -0.1) is 23.5 Å². The Kier molecular flexibility index (Phi) is 13.1. The summed E-state index contributed by atoms with van der Waals surface area (Å²) >= 11 is 2.36. The molecule has 5 atom stereocenters. The second kappa shape index (κ2) is 16.0. The number of carbonyl (C=O) groups excluding carboxylic acids is 2. The van der Waals surface area contributed by atoms with Crippen LogP contribution in [-0.2, 0) is 19.2 Å². The number of nitrogens with zero attached hydrogens (tertiary/aromatic N) is 4. The number of carbonyl (C=O) groups is 4. The lowest BCUT2D eigenvalue weighted by molar-refractivity contribution is -0.141. The number of aliphatic hydroxyl groups excluding tert-OH is 1. The lowest BCUT2D eigenvalue weighted by Gasteiger charge is -2.22. The van der Waals surface area contributed by atoms with Crippen LogP contribution in [-0.4, -0.2) is 88.7 Å². The molecule has 0 aliphatic carbocycles. The van der Waals surface area contributed by atoms with Crippen molar-refractivity contribution < 1.29 is 34.5 Å². The number of Topliss-reactive ketones (excluding diaryl/α,β-unsaturated/α-hetero) is 1. The number of hydrogen-bond acceptors (Lipinski definition) is 12. The standard InChI is InChI=1S/C23H30N6O7S2/c1-13(30)28-18(22(33)34)11-37-20(16-9-24-3-5-26-16)7-15(32)8-21(17-10-25-4-6-27-17)38-12-19(23(35)36)29-14(2)31/h3-6,9-10,13,18-21,28,30H,7-8,11-12H2,1-2H3,(H,29,31)(H,33,34)(H,35,36)/t13?,18-,19-,20?,21?/m0/s1. The molecule has 2 aromatic heterocycles. The van der Waals surface area contributed by atoms with Crippen LogP contribution in [0.2, 0.25) is 0 Å². The van der Waals surface area contributed by atoms with Gasteiger partial charge in [-0.25, -0.2) is 4.79 Å². The SMILES string of the molecule is CC(=O)N[C@@H](CSC(CC(=O)CC(SC[C@H](NC(C)O)C(=O)O)c1cnccn1)c1cnccn1)C(=O)O. The van der Waals surface area contributed by atoms with E-state index in [2.05, 4.69) is 30.6 Å². The zero-order valence-electron chi connectivity index (χ0n) is 20.8. The van der Waals surface area contributed by atoms with E-state index >= 15 is 0 Å². The molecule has 0 radical (unpaired) electrons. The zero-order valence-corrected chi connectivity index (χ0v) is 22.4. The molecule has 15 heteroatoms. The molecule has 0 bridgehead atoms. The molecule has 0 saturated carbocycles. The summed E-state index contributed by atoms with van der Waals surface area (Å²) in [4.78, 5) is 64.4. The van der Waals surface area contributed by atoms with Crippen LogP contribution in [0.15, 0.2) is 37.2 Å². The number of aromatic nitrogens is 4. The number of nitrogens with one attached hydrogen (secondary N) is 2. The quantitative estimate of drug-likeness (QED) is 0.168. The molecular weight excluding hydrogens is 536 g/mol. The minimum Gasteiger partial charge on any atom is -0.480 e. The smallest absolute Gasteiger partial charge is 0.327 e. The van der Waals surface area contributed by atoms with Crippen molar-refractivity contribution in [3.63, 3.8) is 0 Å². The monoisotopic (exact) mass is 566 g/mol. The fourth-order valence-corrected chi connectivity index (χ4v) is 5.78. The van der Waals surface area contributed by atoms with E-state index in [1.54, 1.807) is 0 Å². The number of carboxylic acid groups (broad SMARTS) is 2. The fourth-order valence-electron chi connectivity index (χ4n) is 3.28. The molecule has 0 aliphatic heterocycles. The summed E-state index contributed by atoms with van der Waals surface area (Å²) in [5, 5.41) is 32.3. The van der Waals surface area contributed by atoms with Crippen LogP contribution in [0.5, 0.6) is 0 Å². The van der Waals surface area contributed by atoms with Crippen molar-refractivity contribution in [1.82, 2.24) is 30.6 Å². The van der Waals surface area contributed by atoms with E-state index in [0.717, 1.165) is 11.8 Å². The second-order valence-corrected chi connectivity index (χ2v) is 10.6. The summed E-state index contributed by atoms with van der Waals surface area (Å²) in [6.07, 6.45) is 7.84. The Bertz CT molecular complexity index is 1060. The number of thioether (sulfide) groups is 2. The van der Waals surface area contributed by atoms with Gasteiger partial charge < -0.3 is 20.6 Å². The van der Waals surface area contributed by atoms with Gasteiger partial charge in [0.25, 0.3) is 0 Å². The zero-order chi connectivity index (χ0) is 28.1. The number of hydrogen-bond donors (Lipinski definition) is 5. The Morgan fingerprint density at radius 3 is 1.68 bits per heavy atom. The highest BCUT2D eigenvalue weighted by atomic mass is 32.2. The minimum absolute atomic E-state index is 0.00290. The average molecular weight is 567 g/mol. The molecule has 2 rings (SSSR count). The van der Waals surface area contributed by atoms with Gasteiger partial charge in [0.1, 0.15) is 24.1 Å². The maximum atomic E-state index is 13.2.